The van der Waals surface area contributed by atoms with Crippen molar-refractivity contribution in [1.29, 1.82) is 0 Å². The van der Waals surface area contributed by atoms with Crippen molar-refractivity contribution in [3.8, 4) is 0 Å². The van der Waals surface area contributed by atoms with Crippen molar-refractivity contribution in [2.45, 2.75) is 26.3 Å². The molecule has 0 bridgehead atoms. The second-order valence-electron chi connectivity index (χ2n) is 9.53. The molecule has 9 nitrogen and oxygen atoms in total. The second-order valence-corrected chi connectivity index (χ2v) is 10.7. The van der Waals surface area contributed by atoms with Crippen LogP contribution >= 0.6 is 23.1 Å². The number of aromatic nitrogens is 3. The summed E-state index contributed by atoms with van der Waals surface area (Å²) in [5.41, 5.74) is 0.599. The summed E-state index contributed by atoms with van der Waals surface area (Å²) in [5.74, 6) is -3.46. The topological polar surface area (TPSA) is 109 Å². The van der Waals surface area contributed by atoms with E-state index in [1.54, 1.807) is 6.92 Å². The summed E-state index contributed by atoms with van der Waals surface area (Å²) in [6, 6.07) is 7.87. The first-order chi connectivity index (χ1) is 19.0. The van der Waals surface area contributed by atoms with E-state index in [-0.39, 0.29) is 40.4 Å². The van der Waals surface area contributed by atoms with Gasteiger partial charge in [0.1, 0.15) is 23.1 Å². The van der Waals surface area contributed by atoms with Gasteiger partial charge in [-0.2, -0.15) is 4.37 Å². The van der Waals surface area contributed by atoms with E-state index in [1.807, 2.05) is 19.0 Å². The standard InChI is InChI=1S/C27H27ClF2N6O3S/c1-14(37)13-36-23(15(2)18-11-16(29)5-7-20(18)28)24(32-25(36)27(39)31-9-10-35(3)4)33-26(38)22-19-12-17(30)6-8-21(19)40-34-22/h5-8,11-12,15H,9-10,13H2,1-4H3,(H,31,39)(H,33,38)/t15-/m1/s1. The summed E-state index contributed by atoms with van der Waals surface area (Å²) in [6.45, 7) is 3.67. The molecule has 2 aromatic carbocycles. The normalized spacial score (nSPS) is 12.1. The number of anilines is 1. The molecule has 0 aliphatic carbocycles. The van der Waals surface area contributed by atoms with Gasteiger partial charge in [0, 0.05) is 29.4 Å². The number of nitrogens with zero attached hydrogens (tertiary/aromatic N) is 4. The summed E-state index contributed by atoms with van der Waals surface area (Å²) < 4.78 is 34.4. The minimum Gasteiger partial charge on any atom is -0.348 e. The molecule has 0 unspecified atom stereocenters. The molecule has 4 aromatic rings. The fraction of sp³-hybridized carbons (Fsp3) is 0.296. The number of hydrogen-bond donors (Lipinski definition) is 2. The van der Waals surface area contributed by atoms with Crippen LogP contribution in [0.2, 0.25) is 5.02 Å². The van der Waals surface area contributed by atoms with E-state index in [1.165, 1.54) is 47.9 Å². The first-order valence-electron chi connectivity index (χ1n) is 12.3. The Kier molecular flexibility index (Phi) is 8.92. The van der Waals surface area contributed by atoms with Crippen molar-refractivity contribution in [2.75, 3.05) is 32.5 Å². The number of rotatable bonds is 10. The molecular formula is C27H27ClF2N6O3S. The van der Waals surface area contributed by atoms with Crippen molar-refractivity contribution in [3.05, 3.63) is 75.8 Å². The Bertz CT molecular complexity index is 1600. The summed E-state index contributed by atoms with van der Waals surface area (Å²) in [7, 11) is 3.71. The SMILES string of the molecule is CC(=O)Cn1c(C(=O)NCCN(C)C)nc(NC(=O)c2nsc3ccc(F)cc23)c1[C@H](C)c1cc(F)ccc1Cl. The number of carbonyl (C=O) groups excluding carboxylic acids is 3. The lowest BCUT2D eigenvalue weighted by atomic mass is 9.96. The number of nitrogens with one attached hydrogen (secondary N) is 2. The fourth-order valence-electron chi connectivity index (χ4n) is 4.26. The smallest absolute Gasteiger partial charge is 0.287 e. The number of imidazole rings is 1. The number of carbonyl (C=O) groups is 3. The molecule has 0 saturated carbocycles. The van der Waals surface area contributed by atoms with Crippen LogP contribution in [0.3, 0.4) is 0 Å². The van der Waals surface area contributed by atoms with Crippen LogP contribution in [0.4, 0.5) is 14.6 Å². The van der Waals surface area contributed by atoms with Gasteiger partial charge >= 0.3 is 0 Å². The number of benzene rings is 2. The molecule has 0 aliphatic rings. The molecule has 1 atom stereocenters. The molecule has 2 heterocycles. The van der Waals surface area contributed by atoms with Crippen LogP contribution in [0, 0.1) is 11.6 Å². The zero-order valence-corrected chi connectivity index (χ0v) is 23.8. The van der Waals surface area contributed by atoms with Gasteiger partial charge < -0.3 is 20.1 Å². The molecular weight excluding hydrogens is 562 g/mol. The highest BCUT2D eigenvalue weighted by Crippen LogP contribution is 2.36. The lowest BCUT2D eigenvalue weighted by Crippen LogP contribution is -2.33. The van der Waals surface area contributed by atoms with Gasteiger partial charge in [-0.3, -0.25) is 14.4 Å². The van der Waals surface area contributed by atoms with E-state index in [9.17, 15) is 23.2 Å². The quantitative estimate of drug-likeness (QED) is 0.278. The van der Waals surface area contributed by atoms with Crippen LogP contribution in [-0.4, -0.2) is 63.6 Å². The van der Waals surface area contributed by atoms with E-state index in [0.29, 0.717) is 28.7 Å². The Hall–Kier alpha value is -3.74. The average Bonchev–Trinajstić information content (AvgIpc) is 3.45. The molecule has 0 radical (unpaired) electrons. The molecule has 0 aliphatic heterocycles. The molecule has 210 valence electrons. The second kappa shape index (κ2) is 12.2. The predicted molar refractivity (Wildman–Crippen MR) is 150 cm³/mol. The molecule has 0 saturated heterocycles. The molecule has 2 amide bonds. The molecule has 2 N–H and O–H groups in total. The van der Waals surface area contributed by atoms with Crippen molar-refractivity contribution in [2.24, 2.45) is 0 Å². The van der Waals surface area contributed by atoms with Gasteiger partial charge in [-0.15, -0.1) is 0 Å². The van der Waals surface area contributed by atoms with E-state index < -0.39 is 29.4 Å². The lowest BCUT2D eigenvalue weighted by molar-refractivity contribution is -0.117. The van der Waals surface area contributed by atoms with Crippen LogP contribution in [0.15, 0.2) is 36.4 Å². The molecule has 2 aromatic heterocycles. The minimum atomic E-state index is -0.710. The number of hydrogen-bond acceptors (Lipinski definition) is 7. The Morgan fingerprint density at radius 2 is 1.80 bits per heavy atom. The van der Waals surface area contributed by atoms with Gasteiger partial charge in [0.05, 0.1) is 16.9 Å². The molecule has 4 rings (SSSR count). The fourth-order valence-corrected chi connectivity index (χ4v) is 5.29. The van der Waals surface area contributed by atoms with Crippen LogP contribution < -0.4 is 10.6 Å². The summed E-state index contributed by atoms with van der Waals surface area (Å²) in [5, 5.41) is 6.02. The maximum absolute atomic E-state index is 14.2. The van der Waals surface area contributed by atoms with Crippen molar-refractivity contribution < 1.29 is 23.2 Å². The van der Waals surface area contributed by atoms with Crippen molar-refractivity contribution >= 4 is 56.6 Å². The third kappa shape index (κ3) is 6.35. The highest BCUT2D eigenvalue weighted by atomic mass is 35.5. The largest absolute Gasteiger partial charge is 0.348 e. The van der Waals surface area contributed by atoms with E-state index in [4.69, 9.17) is 11.6 Å². The first kappa shape index (κ1) is 29.2. The van der Waals surface area contributed by atoms with Crippen LogP contribution in [-0.2, 0) is 11.3 Å². The van der Waals surface area contributed by atoms with Gasteiger partial charge in [-0.25, -0.2) is 13.8 Å². The third-order valence-corrected chi connectivity index (χ3v) is 7.32. The average molecular weight is 589 g/mol. The van der Waals surface area contributed by atoms with Crippen LogP contribution in [0.5, 0.6) is 0 Å². The maximum Gasteiger partial charge on any atom is 0.287 e. The van der Waals surface area contributed by atoms with Gasteiger partial charge in [-0.05, 0) is 74.5 Å². The van der Waals surface area contributed by atoms with Gasteiger partial charge in [-0.1, -0.05) is 18.5 Å². The van der Waals surface area contributed by atoms with Gasteiger partial charge in [0.2, 0.25) is 5.82 Å². The summed E-state index contributed by atoms with van der Waals surface area (Å²) in [4.78, 5) is 45.2. The Labute approximate surface area is 238 Å². The van der Waals surface area contributed by atoms with Crippen molar-refractivity contribution in [3.63, 3.8) is 0 Å². The van der Waals surface area contributed by atoms with E-state index >= 15 is 0 Å². The Morgan fingerprint density at radius 3 is 2.50 bits per heavy atom. The first-order valence-corrected chi connectivity index (χ1v) is 13.5. The summed E-state index contributed by atoms with van der Waals surface area (Å²) >= 11 is 7.44. The van der Waals surface area contributed by atoms with Crippen LogP contribution in [0.1, 0.15) is 52.1 Å². The maximum atomic E-state index is 14.2. The monoisotopic (exact) mass is 588 g/mol. The predicted octanol–water partition coefficient (Wildman–Crippen LogP) is 4.71. The molecule has 0 fully saturated rings. The number of Topliss-reactive ketones (excluding diaryl/α,β-unsaturated/α-hetero) is 1. The zero-order chi connectivity index (χ0) is 29.1. The van der Waals surface area contributed by atoms with Gasteiger partial charge in [0.25, 0.3) is 11.8 Å². The molecule has 0 spiro atoms. The number of ketones is 1. The Morgan fingerprint density at radius 1 is 1.10 bits per heavy atom. The Balaban J connectivity index is 1.84. The minimum absolute atomic E-state index is 0.0278. The highest BCUT2D eigenvalue weighted by Gasteiger charge is 2.30. The lowest BCUT2D eigenvalue weighted by Gasteiger charge is -2.19. The van der Waals surface area contributed by atoms with Crippen LogP contribution in [0.25, 0.3) is 10.1 Å². The highest BCUT2D eigenvalue weighted by molar-refractivity contribution is 7.13. The number of likely N-dealkylation sites (N-methyl/N-ethyl adjacent to an activating group) is 1. The number of halogens is 3. The number of fused-ring (bicyclic) bond motifs is 1. The van der Waals surface area contributed by atoms with E-state index in [0.717, 1.165) is 11.5 Å². The number of amides is 2. The van der Waals surface area contributed by atoms with E-state index in [2.05, 4.69) is 20.0 Å². The van der Waals surface area contributed by atoms with Gasteiger partial charge in [0.15, 0.2) is 5.82 Å². The van der Waals surface area contributed by atoms with Crippen molar-refractivity contribution in [1.82, 2.24) is 24.1 Å². The molecule has 13 heteroatoms. The molecule has 40 heavy (non-hydrogen) atoms. The third-order valence-electron chi connectivity index (χ3n) is 6.15. The summed E-state index contributed by atoms with van der Waals surface area (Å²) in [6.07, 6.45) is 0. The zero-order valence-electron chi connectivity index (χ0n) is 22.2.